The fourth-order valence-corrected chi connectivity index (χ4v) is 2.29. The maximum Gasteiger partial charge on any atom is 0.0791 e. The molecule has 0 saturated carbocycles. The average Bonchev–Trinajstić information content (AvgIpc) is 2.41. The first-order valence-corrected chi connectivity index (χ1v) is 6.16. The van der Waals surface area contributed by atoms with Crippen LogP contribution in [0.1, 0.15) is 31.7 Å². The molecule has 17 heavy (non-hydrogen) atoms. The second kappa shape index (κ2) is 5.01. The molecule has 1 aromatic carbocycles. The van der Waals surface area contributed by atoms with Crippen LogP contribution < -0.4 is 0 Å². The number of nitrogens with zero attached hydrogens (tertiary/aromatic N) is 1. The van der Waals surface area contributed by atoms with Crippen molar-refractivity contribution in [2.45, 2.75) is 26.2 Å². The molecule has 1 atom stereocenters. The van der Waals surface area contributed by atoms with Crippen LogP contribution in [0.4, 0.5) is 0 Å². The van der Waals surface area contributed by atoms with Crippen molar-refractivity contribution in [1.29, 1.82) is 5.26 Å². The van der Waals surface area contributed by atoms with Gasteiger partial charge in [0.2, 0.25) is 0 Å². The lowest BCUT2D eigenvalue weighted by Crippen LogP contribution is -2.16. The summed E-state index contributed by atoms with van der Waals surface area (Å²) in [7, 11) is 0. The summed E-state index contributed by atoms with van der Waals surface area (Å²) in [4.78, 5) is 0. The standard InChI is InChI=1S/C16H17N/c1-2-10-16(13-17)11-8-15(9-12-16)14-6-4-3-5-7-14/h3-9,11H,2,10,12H2,1H3/t16-/m1/s1. The lowest BCUT2D eigenvalue weighted by Gasteiger charge is -2.24. The Hall–Kier alpha value is -1.81. The molecule has 0 fully saturated rings. The molecule has 0 N–H and O–H groups in total. The summed E-state index contributed by atoms with van der Waals surface area (Å²) in [5.41, 5.74) is 2.19. The Labute approximate surface area is 103 Å². The van der Waals surface area contributed by atoms with Crippen molar-refractivity contribution in [2.24, 2.45) is 5.41 Å². The number of nitriles is 1. The molecular formula is C16H17N. The van der Waals surface area contributed by atoms with Crippen LogP contribution in [0.5, 0.6) is 0 Å². The van der Waals surface area contributed by atoms with Gasteiger partial charge in [0.05, 0.1) is 11.5 Å². The summed E-state index contributed by atoms with van der Waals surface area (Å²) in [6.07, 6.45) is 9.19. The summed E-state index contributed by atoms with van der Waals surface area (Å²) >= 11 is 0. The van der Waals surface area contributed by atoms with Gasteiger partial charge in [0.1, 0.15) is 0 Å². The van der Waals surface area contributed by atoms with Crippen LogP contribution in [-0.4, -0.2) is 0 Å². The predicted octanol–water partition coefficient (Wildman–Crippen LogP) is 4.34. The molecule has 2 rings (SSSR count). The van der Waals surface area contributed by atoms with Gasteiger partial charge in [-0.05, 0) is 24.0 Å². The lowest BCUT2D eigenvalue weighted by atomic mass is 9.77. The third-order valence-corrected chi connectivity index (χ3v) is 3.29. The Bertz CT molecular complexity index is 476. The van der Waals surface area contributed by atoms with Gasteiger partial charge in [0.25, 0.3) is 0 Å². The maximum absolute atomic E-state index is 9.30. The summed E-state index contributed by atoms with van der Waals surface area (Å²) in [5, 5.41) is 9.30. The Morgan fingerprint density at radius 1 is 1.29 bits per heavy atom. The number of allylic oxidation sites excluding steroid dienone is 4. The molecule has 0 amide bonds. The molecule has 0 aliphatic heterocycles. The monoisotopic (exact) mass is 223 g/mol. The van der Waals surface area contributed by atoms with E-state index in [1.165, 1.54) is 11.1 Å². The molecule has 0 radical (unpaired) electrons. The molecule has 0 spiro atoms. The van der Waals surface area contributed by atoms with E-state index in [0.717, 1.165) is 19.3 Å². The van der Waals surface area contributed by atoms with Crippen molar-refractivity contribution in [2.75, 3.05) is 0 Å². The molecule has 1 aliphatic rings. The van der Waals surface area contributed by atoms with Crippen molar-refractivity contribution in [1.82, 2.24) is 0 Å². The fourth-order valence-electron chi connectivity index (χ4n) is 2.29. The maximum atomic E-state index is 9.30. The van der Waals surface area contributed by atoms with Gasteiger partial charge < -0.3 is 0 Å². The normalized spacial score (nSPS) is 22.9. The molecule has 0 bridgehead atoms. The second-order valence-corrected chi connectivity index (χ2v) is 4.58. The summed E-state index contributed by atoms with van der Waals surface area (Å²) in [6.45, 7) is 2.13. The summed E-state index contributed by atoms with van der Waals surface area (Å²) in [5.74, 6) is 0. The number of rotatable bonds is 3. The number of benzene rings is 1. The van der Waals surface area contributed by atoms with E-state index in [1.54, 1.807) is 0 Å². The average molecular weight is 223 g/mol. The van der Waals surface area contributed by atoms with Crippen molar-refractivity contribution in [3.63, 3.8) is 0 Å². The SMILES string of the molecule is CCC[C@@]1(C#N)C=CC(c2ccccc2)=CC1. The molecule has 0 aromatic heterocycles. The third kappa shape index (κ3) is 2.47. The Kier molecular flexibility index (Phi) is 3.44. The highest BCUT2D eigenvalue weighted by Gasteiger charge is 2.27. The first kappa shape index (κ1) is 11.7. The minimum Gasteiger partial charge on any atom is -0.197 e. The van der Waals surface area contributed by atoms with E-state index in [2.05, 4.69) is 43.4 Å². The van der Waals surface area contributed by atoms with Crippen LogP contribution in [0.15, 0.2) is 48.6 Å². The molecular weight excluding hydrogens is 206 g/mol. The van der Waals surface area contributed by atoms with E-state index in [4.69, 9.17) is 0 Å². The van der Waals surface area contributed by atoms with Gasteiger partial charge in [0.15, 0.2) is 0 Å². The van der Waals surface area contributed by atoms with Crippen molar-refractivity contribution in [3.8, 4) is 6.07 Å². The van der Waals surface area contributed by atoms with Gasteiger partial charge in [-0.3, -0.25) is 0 Å². The third-order valence-electron chi connectivity index (χ3n) is 3.29. The topological polar surface area (TPSA) is 23.8 Å². The molecule has 0 heterocycles. The highest BCUT2D eigenvalue weighted by Crippen LogP contribution is 2.36. The molecule has 86 valence electrons. The Balaban J connectivity index is 2.19. The zero-order valence-corrected chi connectivity index (χ0v) is 10.2. The molecule has 0 saturated heterocycles. The molecule has 0 unspecified atom stereocenters. The van der Waals surface area contributed by atoms with E-state index in [0.29, 0.717) is 0 Å². The molecule has 1 aliphatic carbocycles. The van der Waals surface area contributed by atoms with Crippen LogP contribution in [0, 0.1) is 16.7 Å². The Morgan fingerprint density at radius 3 is 2.59 bits per heavy atom. The van der Waals surface area contributed by atoms with Crippen molar-refractivity contribution in [3.05, 3.63) is 54.1 Å². The van der Waals surface area contributed by atoms with Crippen LogP contribution in [0.25, 0.3) is 5.57 Å². The largest absolute Gasteiger partial charge is 0.197 e. The minimum atomic E-state index is -0.271. The van der Waals surface area contributed by atoms with Crippen LogP contribution in [0.2, 0.25) is 0 Å². The van der Waals surface area contributed by atoms with Gasteiger partial charge in [-0.2, -0.15) is 5.26 Å². The van der Waals surface area contributed by atoms with Gasteiger partial charge >= 0.3 is 0 Å². The summed E-state index contributed by atoms with van der Waals surface area (Å²) in [6, 6.07) is 12.8. The van der Waals surface area contributed by atoms with E-state index in [-0.39, 0.29) is 5.41 Å². The van der Waals surface area contributed by atoms with Crippen molar-refractivity contribution < 1.29 is 0 Å². The van der Waals surface area contributed by atoms with Crippen molar-refractivity contribution >= 4 is 5.57 Å². The number of hydrogen-bond donors (Lipinski definition) is 0. The molecule has 1 aromatic rings. The zero-order chi connectivity index (χ0) is 12.1. The predicted molar refractivity (Wildman–Crippen MR) is 71.1 cm³/mol. The first-order chi connectivity index (χ1) is 8.29. The zero-order valence-electron chi connectivity index (χ0n) is 10.2. The lowest BCUT2D eigenvalue weighted by molar-refractivity contribution is 0.460. The summed E-state index contributed by atoms with van der Waals surface area (Å²) < 4.78 is 0. The fraction of sp³-hybridized carbons (Fsp3) is 0.312. The number of hydrogen-bond acceptors (Lipinski definition) is 1. The first-order valence-electron chi connectivity index (χ1n) is 6.16. The van der Waals surface area contributed by atoms with Gasteiger partial charge in [-0.25, -0.2) is 0 Å². The smallest absolute Gasteiger partial charge is 0.0791 e. The highest BCUT2D eigenvalue weighted by molar-refractivity contribution is 5.75. The quantitative estimate of drug-likeness (QED) is 0.747. The van der Waals surface area contributed by atoms with E-state index in [9.17, 15) is 5.26 Å². The van der Waals surface area contributed by atoms with E-state index in [1.807, 2.05) is 18.2 Å². The second-order valence-electron chi connectivity index (χ2n) is 4.58. The molecule has 1 nitrogen and oxygen atoms in total. The van der Waals surface area contributed by atoms with Crippen LogP contribution in [0.3, 0.4) is 0 Å². The minimum absolute atomic E-state index is 0.271. The van der Waals surface area contributed by atoms with E-state index < -0.39 is 0 Å². The molecule has 1 heteroatoms. The van der Waals surface area contributed by atoms with Crippen LogP contribution >= 0.6 is 0 Å². The Morgan fingerprint density at radius 2 is 2.06 bits per heavy atom. The highest BCUT2D eigenvalue weighted by atomic mass is 14.4. The van der Waals surface area contributed by atoms with Crippen LogP contribution in [-0.2, 0) is 0 Å². The van der Waals surface area contributed by atoms with Gasteiger partial charge in [-0.15, -0.1) is 0 Å². The van der Waals surface area contributed by atoms with Gasteiger partial charge in [-0.1, -0.05) is 61.9 Å². The van der Waals surface area contributed by atoms with Gasteiger partial charge in [0, 0.05) is 0 Å². The van der Waals surface area contributed by atoms with E-state index >= 15 is 0 Å².